The normalized spacial score (nSPS) is 17.9. The molecule has 234 valence electrons. The SMILES string of the molecule is CCS(=O)(=O)OC1CCC(NC(=O)c2c3ccccc3nn2CCO[Si](c2ccccc2)(c2ccccc2)C(C)(C)C)CC1. The van der Waals surface area contributed by atoms with Crippen molar-refractivity contribution in [1.29, 1.82) is 0 Å². The fourth-order valence-electron chi connectivity index (χ4n) is 6.36. The van der Waals surface area contributed by atoms with E-state index >= 15 is 0 Å². The molecule has 5 rings (SSSR count). The lowest BCUT2D eigenvalue weighted by Crippen LogP contribution is -2.66. The molecular formula is C34H43N3O5SSi. The van der Waals surface area contributed by atoms with E-state index in [1.165, 1.54) is 10.4 Å². The van der Waals surface area contributed by atoms with Gasteiger partial charge in [-0.1, -0.05) is 99.6 Å². The van der Waals surface area contributed by atoms with Gasteiger partial charge in [-0.25, -0.2) is 0 Å². The summed E-state index contributed by atoms with van der Waals surface area (Å²) in [7, 11) is -6.24. The maximum Gasteiger partial charge on any atom is 0.270 e. The van der Waals surface area contributed by atoms with E-state index in [9.17, 15) is 13.2 Å². The van der Waals surface area contributed by atoms with E-state index in [4.69, 9.17) is 13.7 Å². The molecule has 1 fully saturated rings. The standard InChI is InChI=1S/C34H43N3O5SSi/c1-5-43(39,40)42-27-22-20-26(21-23-27)35-33(38)32-30-18-12-13-19-31(30)36-37(32)24-25-41-44(34(2,3)4,28-14-8-6-9-15-28)29-16-10-7-11-17-29/h6-19,26-27H,5,20-25H2,1-4H3,(H,35,38). The maximum atomic E-state index is 13.8. The minimum absolute atomic E-state index is 0.0412. The van der Waals surface area contributed by atoms with Crippen molar-refractivity contribution in [3.8, 4) is 0 Å². The monoisotopic (exact) mass is 633 g/mol. The number of benzene rings is 3. The number of aromatic nitrogens is 2. The number of carbonyl (C=O) groups is 1. The van der Waals surface area contributed by atoms with Crippen LogP contribution in [0.5, 0.6) is 0 Å². The zero-order valence-corrected chi connectivity index (χ0v) is 27.8. The molecule has 0 aliphatic heterocycles. The number of hydrogen-bond donors (Lipinski definition) is 1. The largest absolute Gasteiger partial charge is 0.406 e. The van der Waals surface area contributed by atoms with Crippen LogP contribution in [-0.4, -0.2) is 56.9 Å². The van der Waals surface area contributed by atoms with Crippen molar-refractivity contribution in [3.63, 3.8) is 0 Å². The molecule has 1 amide bonds. The molecule has 0 saturated heterocycles. The number of rotatable bonds is 11. The van der Waals surface area contributed by atoms with E-state index in [-0.39, 0.29) is 28.8 Å². The first kappa shape index (κ1) is 32.1. The number of carbonyl (C=O) groups excluding carboxylic acids is 1. The van der Waals surface area contributed by atoms with E-state index in [1.54, 1.807) is 11.6 Å². The second-order valence-electron chi connectivity index (χ2n) is 12.5. The van der Waals surface area contributed by atoms with Gasteiger partial charge in [0.15, 0.2) is 0 Å². The molecule has 1 saturated carbocycles. The fraction of sp³-hybridized carbons (Fsp3) is 0.412. The van der Waals surface area contributed by atoms with Crippen molar-refractivity contribution in [2.75, 3.05) is 12.4 Å². The first-order chi connectivity index (χ1) is 21.0. The van der Waals surface area contributed by atoms with Gasteiger partial charge in [-0.3, -0.25) is 13.7 Å². The molecular weight excluding hydrogens is 591 g/mol. The van der Waals surface area contributed by atoms with Crippen LogP contribution in [-0.2, 0) is 25.3 Å². The number of fused-ring (bicyclic) bond motifs is 1. The molecule has 1 aliphatic rings. The summed E-state index contributed by atoms with van der Waals surface area (Å²) >= 11 is 0. The van der Waals surface area contributed by atoms with Gasteiger partial charge in [0, 0.05) is 11.4 Å². The molecule has 44 heavy (non-hydrogen) atoms. The van der Waals surface area contributed by atoms with Crippen LogP contribution in [0.25, 0.3) is 10.9 Å². The minimum Gasteiger partial charge on any atom is -0.406 e. The highest BCUT2D eigenvalue weighted by molar-refractivity contribution is 7.86. The maximum absolute atomic E-state index is 13.8. The molecule has 0 bridgehead atoms. The van der Waals surface area contributed by atoms with E-state index < -0.39 is 18.4 Å². The summed E-state index contributed by atoms with van der Waals surface area (Å²) in [6.45, 7) is 9.12. The molecule has 0 spiro atoms. The summed E-state index contributed by atoms with van der Waals surface area (Å²) in [6.07, 6.45) is 2.13. The fourth-order valence-corrected chi connectivity index (χ4v) is 11.7. The summed E-state index contributed by atoms with van der Waals surface area (Å²) in [5.74, 6) is -0.227. The Bertz CT molecular complexity index is 1620. The zero-order chi connectivity index (χ0) is 31.4. The first-order valence-electron chi connectivity index (χ1n) is 15.5. The number of hydrogen-bond acceptors (Lipinski definition) is 6. The minimum atomic E-state index is -3.50. The highest BCUT2D eigenvalue weighted by Gasteiger charge is 2.50. The molecule has 4 aromatic rings. The molecule has 0 atom stereocenters. The Morgan fingerprint density at radius 2 is 1.48 bits per heavy atom. The van der Waals surface area contributed by atoms with Crippen LogP contribution in [0.15, 0.2) is 84.9 Å². The van der Waals surface area contributed by atoms with E-state index in [0.717, 1.165) is 10.9 Å². The third-order valence-corrected chi connectivity index (χ3v) is 14.9. The lowest BCUT2D eigenvalue weighted by Gasteiger charge is -2.43. The predicted octanol–water partition coefficient (Wildman–Crippen LogP) is 5.02. The summed E-state index contributed by atoms with van der Waals surface area (Å²) in [5.41, 5.74) is 1.27. The topological polar surface area (TPSA) is 99.5 Å². The van der Waals surface area contributed by atoms with Crippen LogP contribution in [0.2, 0.25) is 5.04 Å². The summed E-state index contributed by atoms with van der Waals surface area (Å²) in [5, 5.41) is 11.1. The molecule has 0 unspecified atom stereocenters. The lowest BCUT2D eigenvalue weighted by atomic mass is 9.93. The van der Waals surface area contributed by atoms with Gasteiger partial charge < -0.3 is 9.74 Å². The molecule has 0 radical (unpaired) electrons. The highest BCUT2D eigenvalue weighted by Crippen LogP contribution is 2.36. The number of nitrogens with one attached hydrogen (secondary N) is 1. The van der Waals surface area contributed by atoms with Gasteiger partial charge in [-0.15, -0.1) is 0 Å². The quantitative estimate of drug-likeness (QED) is 0.184. The van der Waals surface area contributed by atoms with Gasteiger partial charge in [0.25, 0.3) is 24.3 Å². The van der Waals surface area contributed by atoms with Crippen LogP contribution < -0.4 is 15.7 Å². The van der Waals surface area contributed by atoms with Crippen molar-refractivity contribution in [2.45, 2.75) is 77.1 Å². The Balaban J connectivity index is 1.37. The van der Waals surface area contributed by atoms with Gasteiger partial charge in [0.2, 0.25) is 0 Å². The van der Waals surface area contributed by atoms with Crippen molar-refractivity contribution >= 4 is 45.6 Å². The predicted molar refractivity (Wildman–Crippen MR) is 177 cm³/mol. The van der Waals surface area contributed by atoms with Crippen LogP contribution in [0, 0.1) is 0 Å². The number of nitrogens with zero attached hydrogens (tertiary/aromatic N) is 2. The summed E-state index contributed by atoms with van der Waals surface area (Å²) < 4.78 is 38.0. The second-order valence-corrected chi connectivity index (χ2v) is 18.7. The van der Waals surface area contributed by atoms with E-state index in [2.05, 4.69) is 74.6 Å². The van der Waals surface area contributed by atoms with Gasteiger partial charge >= 0.3 is 0 Å². The van der Waals surface area contributed by atoms with E-state index in [1.807, 2.05) is 36.4 Å². The van der Waals surface area contributed by atoms with Crippen LogP contribution in [0.1, 0.15) is 63.9 Å². The van der Waals surface area contributed by atoms with Gasteiger partial charge in [0.05, 0.1) is 30.5 Å². The molecule has 10 heteroatoms. The van der Waals surface area contributed by atoms with Crippen molar-refractivity contribution in [1.82, 2.24) is 15.1 Å². The van der Waals surface area contributed by atoms with Gasteiger partial charge in [0.1, 0.15) is 5.69 Å². The first-order valence-corrected chi connectivity index (χ1v) is 18.9. The average Bonchev–Trinajstić information content (AvgIpc) is 3.39. The van der Waals surface area contributed by atoms with Crippen molar-refractivity contribution in [3.05, 3.63) is 90.6 Å². The average molecular weight is 634 g/mol. The number of amides is 1. The van der Waals surface area contributed by atoms with Crippen LogP contribution in [0.3, 0.4) is 0 Å². The molecule has 8 nitrogen and oxygen atoms in total. The summed E-state index contributed by atoms with van der Waals surface area (Å²) in [4.78, 5) is 13.8. The molecule has 1 aliphatic carbocycles. The molecule has 1 N–H and O–H groups in total. The van der Waals surface area contributed by atoms with Gasteiger partial charge in [-0.2, -0.15) is 13.5 Å². The van der Waals surface area contributed by atoms with Crippen LogP contribution in [0.4, 0.5) is 0 Å². The third kappa shape index (κ3) is 6.83. The van der Waals surface area contributed by atoms with E-state index in [0.29, 0.717) is 44.5 Å². The molecule has 1 aromatic heterocycles. The van der Waals surface area contributed by atoms with Crippen molar-refractivity contribution < 1.29 is 21.8 Å². The Morgan fingerprint density at radius 1 is 0.909 bits per heavy atom. The highest BCUT2D eigenvalue weighted by atomic mass is 32.2. The second kappa shape index (κ2) is 13.4. The smallest absolute Gasteiger partial charge is 0.270 e. The van der Waals surface area contributed by atoms with Crippen LogP contribution >= 0.6 is 0 Å². The Labute approximate surface area is 262 Å². The zero-order valence-electron chi connectivity index (χ0n) is 26.0. The Morgan fingerprint density at radius 3 is 2.05 bits per heavy atom. The van der Waals surface area contributed by atoms with Gasteiger partial charge in [-0.05, 0) is 54.1 Å². The summed E-state index contributed by atoms with van der Waals surface area (Å²) in [6, 6.07) is 28.6. The Hall–Kier alpha value is -3.31. The third-order valence-electron chi connectivity index (χ3n) is 8.54. The lowest BCUT2D eigenvalue weighted by molar-refractivity contribution is 0.0887. The molecule has 1 heterocycles. The molecule has 3 aromatic carbocycles. The Kier molecular flexibility index (Phi) is 9.74. The van der Waals surface area contributed by atoms with Crippen molar-refractivity contribution in [2.24, 2.45) is 0 Å².